The molecule has 0 bridgehead atoms. The molecule has 5 nitrogen and oxygen atoms in total. The molecule has 1 N–H and O–H groups in total. The fraction of sp³-hybridized carbons (Fsp3) is 0.143. The molecule has 1 heterocycles. The summed E-state index contributed by atoms with van der Waals surface area (Å²) in [5, 5.41) is 9.99. The maximum absolute atomic E-state index is 13.1. The fourth-order valence-corrected chi connectivity index (χ4v) is 3.08. The van der Waals surface area contributed by atoms with E-state index in [4.69, 9.17) is 4.74 Å². The number of para-hydroxylation sites is 1. The molecule has 1 aliphatic rings. The van der Waals surface area contributed by atoms with Crippen LogP contribution >= 0.6 is 0 Å². The van der Waals surface area contributed by atoms with Crippen LogP contribution in [0.25, 0.3) is 6.08 Å². The van der Waals surface area contributed by atoms with Gasteiger partial charge in [-0.2, -0.15) is 13.2 Å². The van der Waals surface area contributed by atoms with Crippen LogP contribution in [0.5, 0.6) is 5.75 Å². The molecule has 8 heteroatoms. The Hall–Kier alpha value is -3.55. The highest BCUT2D eigenvalue weighted by atomic mass is 19.4. The number of anilines is 1. The Morgan fingerprint density at radius 3 is 2.45 bits per heavy atom. The van der Waals surface area contributed by atoms with Gasteiger partial charge in [0.1, 0.15) is 5.75 Å². The number of rotatable bonds is 3. The number of benzene rings is 2. The van der Waals surface area contributed by atoms with Crippen molar-refractivity contribution in [1.82, 2.24) is 0 Å². The van der Waals surface area contributed by atoms with Crippen LogP contribution in [-0.4, -0.2) is 24.1 Å². The first-order valence-electron chi connectivity index (χ1n) is 8.46. The van der Waals surface area contributed by atoms with E-state index < -0.39 is 23.6 Å². The molecule has 2 aromatic carbocycles. The number of allylic oxidation sites excluding steroid dienone is 1. The summed E-state index contributed by atoms with van der Waals surface area (Å²) in [4.78, 5) is 26.4. The molecule has 0 unspecified atom stereocenters. The second-order valence-electron chi connectivity index (χ2n) is 6.26. The zero-order chi connectivity index (χ0) is 21.3. The molecule has 0 saturated carbocycles. The van der Waals surface area contributed by atoms with Crippen LogP contribution in [0.3, 0.4) is 0 Å². The third-order valence-electron chi connectivity index (χ3n) is 4.46. The minimum absolute atomic E-state index is 0.0376. The average molecular weight is 403 g/mol. The topological polar surface area (TPSA) is 66.8 Å². The predicted octanol–water partition coefficient (Wildman–Crippen LogP) is 4.29. The summed E-state index contributed by atoms with van der Waals surface area (Å²) in [6.07, 6.45) is -3.28. The van der Waals surface area contributed by atoms with Gasteiger partial charge in [0.25, 0.3) is 5.91 Å². The number of ether oxygens (including phenoxy) is 1. The molecule has 3 rings (SSSR count). The molecule has 0 aromatic heterocycles. The number of amides is 1. The van der Waals surface area contributed by atoms with E-state index in [1.165, 1.54) is 37.3 Å². The van der Waals surface area contributed by atoms with Gasteiger partial charge in [-0.15, -0.1) is 0 Å². The third-order valence-corrected chi connectivity index (χ3v) is 4.46. The Kier molecular flexibility index (Phi) is 5.19. The molecule has 0 fully saturated rings. The number of methoxy groups -OCH3 is 1. The number of carbonyl (C=O) groups is 2. The van der Waals surface area contributed by atoms with Gasteiger partial charge in [-0.25, -0.2) is 4.79 Å². The van der Waals surface area contributed by atoms with Crippen LogP contribution in [-0.2, 0) is 20.5 Å². The second-order valence-corrected chi connectivity index (χ2v) is 6.26. The number of aromatic hydroxyl groups is 1. The summed E-state index contributed by atoms with van der Waals surface area (Å²) in [5.74, 6) is -1.63. The van der Waals surface area contributed by atoms with Crippen LogP contribution in [0, 0.1) is 0 Å². The molecule has 2 aromatic rings. The summed E-state index contributed by atoms with van der Waals surface area (Å²) in [6, 6.07) is 10.4. The van der Waals surface area contributed by atoms with Crippen molar-refractivity contribution in [2.24, 2.45) is 0 Å². The molecule has 1 amide bonds. The molecule has 29 heavy (non-hydrogen) atoms. The highest BCUT2D eigenvalue weighted by Crippen LogP contribution is 2.38. The molecular weight excluding hydrogens is 387 g/mol. The van der Waals surface area contributed by atoms with Gasteiger partial charge in [-0.3, -0.25) is 9.69 Å². The van der Waals surface area contributed by atoms with E-state index in [-0.39, 0.29) is 33.8 Å². The van der Waals surface area contributed by atoms with Crippen molar-refractivity contribution >= 4 is 23.6 Å². The minimum Gasteiger partial charge on any atom is -0.507 e. The number of esters is 1. The monoisotopic (exact) mass is 403 g/mol. The van der Waals surface area contributed by atoms with Crippen LogP contribution < -0.4 is 4.90 Å². The van der Waals surface area contributed by atoms with Crippen LogP contribution in [0.15, 0.2) is 65.4 Å². The maximum atomic E-state index is 13.1. The quantitative estimate of drug-likeness (QED) is 0.613. The Bertz CT molecular complexity index is 1050. The lowest BCUT2D eigenvalue weighted by atomic mass is 10.0. The van der Waals surface area contributed by atoms with Crippen LogP contribution in [0.2, 0.25) is 0 Å². The minimum atomic E-state index is -4.59. The van der Waals surface area contributed by atoms with Gasteiger partial charge in [-0.1, -0.05) is 24.3 Å². The molecule has 150 valence electrons. The Morgan fingerprint density at radius 2 is 1.83 bits per heavy atom. The zero-order valence-corrected chi connectivity index (χ0v) is 15.4. The number of phenols is 1. The van der Waals surface area contributed by atoms with Crippen LogP contribution in [0.4, 0.5) is 18.9 Å². The molecule has 0 radical (unpaired) electrons. The number of phenolic OH excluding ortho intramolecular Hbond substituents is 1. The largest absolute Gasteiger partial charge is 0.507 e. The Balaban J connectivity index is 2.17. The van der Waals surface area contributed by atoms with E-state index in [0.717, 1.165) is 24.1 Å². The van der Waals surface area contributed by atoms with E-state index in [2.05, 4.69) is 0 Å². The molecule has 1 aliphatic heterocycles. The zero-order valence-electron chi connectivity index (χ0n) is 15.4. The Labute approximate surface area is 164 Å². The van der Waals surface area contributed by atoms with Gasteiger partial charge < -0.3 is 9.84 Å². The summed E-state index contributed by atoms with van der Waals surface area (Å²) in [5.41, 5.74) is -0.733. The van der Waals surface area contributed by atoms with Gasteiger partial charge in [0, 0.05) is 16.9 Å². The van der Waals surface area contributed by atoms with Gasteiger partial charge in [0.15, 0.2) is 0 Å². The lowest BCUT2D eigenvalue weighted by molar-refractivity contribution is -0.137. The van der Waals surface area contributed by atoms with Crippen molar-refractivity contribution in [1.29, 1.82) is 0 Å². The molecule has 0 atom stereocenters. The van der Waals surface area contributed by atoms with Gasteiger partial charge >= 0.3 is 12.1 Å². The number of alkyl halides is 3. The standard InChI is InChI=1S/C21H16F3NO4/c1-12-18(20(28)29-2)16(10-13-6-3-4-9-17(13)26)19(27)25(12)15-8-5-7-14(11-15)21(22,23)24/h3-11,26H,1-2H3/b16-10-. The molecule has 0 spiro atoms. The van der Waals surface area contributed by atoms with Crippen LogP contribution in [0.1, 0.15) is 18.1 Å². The second kappa shape index (κ2) is 7.46. The Morgan fingerprint density at radius 1 is 1.14 bits per heavy atom. The summed E-state index contributed by atoms with van der Waals surface area (Å²) in [7, 11) is 1.14. The summed E-state index contributed by atoms with van der Waals surface area (Å²) in [6.45, 7) is 1.44. The van der Waals surface area contributed by atoms with Gasteiger partial charge in [-0.05, 0) is 37.3 Å². The molecule has 0 saturated heterocycles. The number of halogens is 3. The smallest absolute Gasteiger partial charge is 0.416 e. The molecular formula is C21H16F3NO4. The first-order valence-corrected chi connectivity index (χ1v) is 8.46. The van der Waals surface area contributed by atoms with Crippen molar-refractivity contribution in [3.8, 4) is 5.75 Å². The van der Waals surface area contributed by atoms with Crippen molar-refractivity contribution < 1.29 is 32.6 Å². The van der Waals surface area contributed by atoms with E-state index in [1.807, 2.05) is 0 Å². The van der Waals surface area contributed by atoms with E-state index in [1.54, 1.807) is 12.1 Å². The maximum Gasteiger partial charge on any atom is 0.416 e. The van der Waals surface area contributed by atoms with Gasteiger partial charge in [0.05, 0.1) is 23.8 Å². The van der Waals surface area contributed by atoms with E-state index in [9.17, 15) is 27.9 Å². The van der Waals surface area contributed by atoms with Crippen molar-refractivity contribution in [2.75, 3.05) is 12.0 Å². The summed E-state index contributed by atoms with van der Waals surface area (Å²) < 4.78 is 44.0. The van der Waals surface area contributed by atoms with Crippen molar-refractivity contribution in [2.45, 2.75) is 13.1 Å². The normalized spacial score (nSPS) is 16.0. The van der Waals surface area contributed by atoms with E-state index in [0.29, 0.717) is 0 Å². The number of hydrogen-bond acceptors (Lipinski definition) is 4. The lowest BCUT2D eigenvalue weighted by Crippen LogP contribution is -2.24. The average Bonchev–Trinajstić information content (AvgIpc) is 2.92. The van der Waals surface area contributed by atoms with Gasteiger partial charge in [0.2, 0.25) is 0 Å². The predicted molar refractivity (Wildman–Crippen MR) is 99.7 cm³/mol. The summed E-state index contributed by atoms with van der Waals surface area (Å²) >= 11 is 0. The highest BCUT2D eigenvalue weighted by molar-refractivity contribution is 6.23. The lowest BCUT2D eigenvalue weighted by Gasteiger charge is -2.19. The number of carbonyl (C=O) groups excluding carboxylic acids is 2. The van der Waals surface area contributed by atoms with E-state index >= 15 is 0 Å². The number of hydrogen-bond donors (Lipinski definition) is 1. The SMILES string of the molecule is COC(=O)C1=C(C)N(c2cccc(C(F)(F)F)c2)C(=O)/C1=C\c1ccccc1O. The highest BCUT2D eigenvalue weighted by Gasteiger charge is 2.39. The third kappa shape index (κ3) is 3.73. The van der Waals surface area contributed by atoms with Crippen molar-refractivity contribution in [3.63, 3.8) is 0 Å². The fourth-order valence-electron chi connectivity index (χ4n) is 3.08. The number of nitrogens with zero attached hydrogens (tertiary/aromatic N) is 1. The first kappa shape index (κ1) is 20.2. The molecule has 0 aliphatic carbocycles. The first-order chi connectivity index (χ1) is 13.6. The van der Waals surface area contributed by atoms with Crippen molar-refractivity contribution in [3.05, 3.63) is 76.5 Å².